The first-order chi connectivity index (χ1) is 10.4. The van der Waals surface area contributed by atoms with E-state index in [4.69, 9.17) is 11.6 Å². The maximum Gasteiger partial charge on any atom is 0.244 e. The van der Waals surface area contributed by atoms with E-state index in [0.717, 1.165) is 19.3 Å². The SMILES string of the molecule is CCCC(=O)CC1CCN(S(=O)(=O)c2ccc(Cl)nc2)CC1. The number of piperidine rings is 1. The predicted octanol–water partition coefficient (Wildman–Crippen LogP) is 2.90. The average molecular weight is 345 g/mol. The third-order valence-corrected chi connectivity index (χ3v) is 6.06. The summed E-state index contributed by atoms with van der Waals surface area (Å²) in [5, 5.41) is 0.270. The summed E-state index contributed by atoms with van der Waals surface area (Å²) < 4.78 is 26.5. The molecular weight excluding hydrogens is 324 g/mol. The van der Waals surface area contributed by atoms with E-state index in [9.17, 15) is 13.2 Å². The molecule has 0 aliphatic carbocycles. The summed E-state index contributed by atoms with van der Waals surface area (Å²) in [6.45, 7) is 2.90. The van der Waals surface area contributed by atoms with Gasteiger partial charge in [0.2, 0.25) is 10.0 Å². The quantitative estimate of drug-likeness (QED) is 0.744. The van der Waals surface area contributed by atoms with Crippen molar-refractivity contribution in [2.75, 3.05) is 13.1 Å². The number of carbonyl (C=O) groups is 1. The topological polar surface area (TPSA) is 67.3 Å². The Labute approximate surface area is 136 Å². The number of hydrogen-bond donors (Lipinski definition) is 0. The molecule has 5 nitrogen and oxygen atoms in total. The lowest BCUT2D eigenvalue weighted by atomic mass is 9.91. The number of nitrogens with zero attached hydrogens (tertiary/aromatic N) is 2. The third-order valence-electron chi connectivity index (χ3n) is 3.96. The molecule has 0 N–H and O–H groups in total. The van der Waals surface area contributed by atoms with Crippen LogP contribution in [0.5, 0.6) is 0 Å². The zero-order chi connectivity index (χ0) is 16.2. The van der Waals surface area contributed by atoms with Crippen LogP contribution < -0.4 is 0 Å². The van der Waals surface area contributed by atoms with Crippen LogP contribution in [0.4, 0.5) is 0 Å². The standard InChI is InChI=1S/C15H21ClN2O3S/c1-2-3-13(19)10-12-6-8-18(9-7-12)22(20,21)14-4-5-15(16)17-11-14/h4-5,11-12H,2-3,6-10H2,1H3. The molecule has 0 radical (unpaired) electrons. The molecule has 1 aromatic rings. The Bertz CT molecular complexity index is 608. The van der Waals surface area contributed by atoms with E-state index in [0.29, 0.717) is 31.8 Å². The zero-order valence-electron chi connectivity index (χ0n) is 12.7. The molecule has 0 unspecified atom stereocenters. The first-order valence-corrected chi connectivity index (χ1v) is 9.38. The van der Waals surface area contributed by atoms with Crippen molar-refractivity contribution in [1.29, 1.82) is 0 Å². The number of pyridine rings is 1. The number of aromatic nitrogens is 1. The van der Waals surface area contributed by atoms with Crippen molar-refractivity contribution in [2.24, 2.45) is 5.92 Å². The van der Waals surface area contributed by atoms with Gasteiger partial charge in [0.25, 0.3) is 0 Å². The van der Waals surface area contributed by atoms with Crippen molar-refractivity contribution in [1.82, 2.24) is 9.29 Å². The van der Waals surface area contributed by atoms with Gasteiger partial charge in [0.1, 0.15) is 15.8 Å². The second kappa shape index (κ2) is 7.53. The molecule has 0 saturated carbocycles. The van der Waals surface area contributed by atoms with Gasteiger partial charge in [-0.1, -0.05) is 18.5 Å². The fraction of sp³-hybridized carbons (Fsp3) is 0.600. The van der Waals surface area contributed by atoms with Crippen LogP contribution in [0.3, 0.4) is 0 Å². The number of hydrogen-bond acceptors (Lipinski definition) is 4. The van der Waals surface area contributed by atoms with Gasteiger partial charge in [-0.05, 0) is 37.3 Å². The van der Waals surface area contributed by atoms with Crippen molar-refractivity contribution in [2.45, 2.75) is 43.9 Å². The lowest BCUT2D eigenvalue weighted by molar-refractivity contribution is -0.120. The Balaban J connectivity index is 1.96. The van der Waals surface area contributed by atoms with Crippen LogP contribution in [0.1, 0.15) is 39.0 Å². The second-order valence-electron chi connectivity index (χ2n) is 5.66. The molecule has 1 fully saturated rings. The van der Waals surface area contributed by atoms with Crippen LogP contribution in [0.25, 0.3) is 0 Å². The van der Waals surface area contributed by atoms with Crippen molar-refractivity contribution < 1.29 is 13.2 Å². The Kier molecular flexibility index (Phi) is 5.94. The highest BCUT2D eigenvalue weighted by molar-refractivity contribution is 7.89. The summed E-state index contributed by atoms with van der Waals surface area (Å²) in [5.41, 5.74) is 0. The van der Waals surface area contributed by atoms with Gasteiger partial charge in [0, 0.05) is 32.1 Å². The highest BCUT2D eigenvalue weighted by atomic mass is 35.5. The predicted molar refractivity (Wildman–Crippen MR) is 85.3 cm³/mol. The van der Waals surface area contributed by atoms with E-state index in [2.05, 4.69) is 4.98 Å². The number of halogens is 1. The van der Waals surface area contributed by atoms with Gasteiger partial charge in [-0.25, -0.2) is 13.4 Å². The van der Waals surface area contributed by atoms with Gasteiger partial charge in [-0.2, -0.15) is 4.31 Å². The maximum absolute atomic E-state index is 12.5. The van der Waals surface area contributed by atoms with Crippen molar-refractivity contribution in [3.05, 3.63) is 23.5 Å². The number of sulfonamides is 1. The van der Waals surface area contributed by atoms with E-state index >= 15 is 0 Å². The molecule has 0 atom stereocenters. The molecule has 1 aromatic heterocycles. The first-order valence-electron chi connectivity index (χ1n) is 7.57. The zero-order valence-corrected chi connectivity index (χ0v) is 14.2. The highest BCUT2D eigenvalue weighted by Gasteiger charge is 2.30. The van der Waals surface area contributed by atoms with E-state index in [-0.39, 0.29) is 15.8 Å². The minimum Gasteiger partial charge on any atom is -0.300 e. The van der Waals surface area contributed by atoms with Crippen LogP contribution >= 0.6 is 11.6 Å². The molecule has 0 spiro atoms. The lowest BCUT2D eigenvalue weighted by Crippen LogP contribution is -2.38. The molecule has 0 aromatic carbocycles. The van der Waals surface area contributed by atoms with E-state index in [1.807, 2.05) is 6.92 Å². The monoisotopic (exact) mass is 344 g/mol. The molecule has 1 aliphatic heterocycles. The minimum atomic E-state index is -3.51. The van der Waals surface area contributed by atoms with Gasteiger partial charge in [0.05, 0.1) is 0 Å². The van der Waals surface area contributed by atoms with Gasteiger partial charge in [0.15, 0.2) is 0 Å². The Hall–Kier alpha value is -0.980. The number of rotatable bonds is 6. The van der Waals surface area contributed by atoms with Gasteiger partial charge in [-0.3, -0.25) is 4.79 Å². The number of Topliss-reactive ketones (excluding diaryl/α,β-unsaturated/α-hetero) is 1. The van der Waals surface area contributed by atoms with Crippen molar-refractivity contribution >= 4 is 27.4 Å². The van der Waals surface area contributed by atoms with Gasteiger partial charge in [-0.15, -0.1) is 0 Å². The molecule has 1 aliphatic rings. The summed E-state index contributed by atoms with van der Waals surface area (Å²) >= 11 is 5.69. The van der Waals surface area contributed by atoms with Crippen LogP contribution in [-0.4, -0.2) is 36.6 Å². The Morgan fingerprint density at radius 1 is 1.36 bits per heavy atom. The molecule has 22 heavy (non-hydrogen) atoms. The van der Waals surface area contributed by atoms with Crippen LogP contribution in [0.2, 0.25) is 5.15 Å². The van der Waals surface area contributed by atoms with E-state index in [1.165, 1.54) is 22.6 Å². The molecular formula is C15H21ClN2O3S. The van der Waals surface area contributed by atoms with Crippen molar-refractivity contribution in [3.8, 4) is 0 Å². The fourth-order valence-electron chi connectivity index (χ4n) is 2.72. The maximum atomic E-state index is 12.5. The van der Waals surface area contributed by atoms with Crippen molar-refractivity contribution in [3.63, 3.8) is 0 Å². The highest BCUT2D eigenvalue weighted by Crippen LogP contribution is 2.26. The molecule has 0 bridgehead atoms. The summed E-state index contributed by atoms with van der Waals surface area (Å²) in [6.07, 6.45) is 4.81. The molecule has 0 amide bonds. The van der Waals surface area contributed by atoms with Crippen LogP contribution in [0, 0.1) is 5.92 Å². The minimum absolute atomic E-state index is 0.164. The molecule has 2 rings (SSSR count). The second-order valence-corrected chi connectivity index (χ2v) is 7.98. The third kappa shape index (κ3) is 4.27. The Morgan fingerprint density at radius 2 is 2.05 bits per heavy atom. The number of ketones is 1. The van der Waals surface area contributed by atoms with Gasteiger partial charge >= 0.3 is 0 Å². The largest absolute Gasteiger partial charge is 0.300 e. The summed E-state index contributed by atoms with van der Waals surface area (Å²) in [5.74, 6) is 0.583. The molecule has 1 saturated heterocycles. The molecule has 2 heterocycles. The lowest BCUT2D eigenvalue weighted by Gasteiger charge is -2.30. The van der Waals surface area contributed by atoms with Gasteiger partial charge < -0.3 is 0 Å². The van der Waals surface area contributed by atoms with Crippen LogP contribution in [0.15, 0.2) is 23.2 Å². The average Bonchev–Trinajstić information content (AvgIpc) is 2.48. The summed E-state index contributed by atoms with van der Waals surface area (Å²) in [4.78, 5) is 15.7. The van der Waals surface area contributed by atoms with E-state index in [1.54, 1.807) is 0 Å². The van der Waals surface area contributed by atoms with Crippen LogP contribution in [-0.2, 0) is 14.8 Å². The Morgan fingerprint density at radius 3 is 2.59 bits per heavy atom. The normalized spacial score (nSPS) is 17.5. The smallest absolute Gasteiger partial charge is 0.244 e. The summed E-state index contributed by atoms with van der Waals surface area (Å²) in [6, 6.07) is 2.95. The van der Waals surface area contributed by atoms with E-state index < -0.39 is 10.0 Å². The fourth-order valence-corrected chi connectivity index (χ4v) is 4.25. The molecule has 122 valence electrons. The first kappa shape index (κ1) is 17.4. The summed E-state index contributed by atoms with van der Waals surface area (Å²) in [7, 11) is -3.51. The molecule has 7 heteroatoms. The number of carbonyl (C=O) groups excluding carboxylic acids is 1.